The zero-order valence-electron chi connectivity index (χ0n) is 20.0. The van der Waals surface area contributed by atoms with Crippen molar-refractivity contribution >= 4 is 16.8 Å². The summed E-state index contributed by atoms with van der Waals surface area (Å²) in [4.78, 5) is 16.5. The summed E-state index contributed by atoms with van der Waals surface area (Å²) in [5.41, 5.74) is 0.500. The van der Waals surface area contributed by atoms with E-state index in [4.69, 9.17) is 9.47 Å². The van der Waals surface area contributed by atoms with Crippen molar-refractivity contribution in [3.63, 3.8) is 0 Å². The molecule has 0 N–H and O–H groups in total. The van der Waals surface area contributed by atoms with Gasteiger partial charge in [-0.1, -0.05) is 31.4 Å². The van der Waals surface area contributed by atoms with Gasteiger partial charge in [-0.05, 0) is 80.7 Å². The van der Waals surface area contributed by atoms with Crippen LogP contribution in [0, 0.1) is 5.92 Å². The van der Waals surface area contributed by atoms with E-state index < -0.39 is 16.4 Å². The fraction of sp³-hybridized carbons (Fsp3) is 0.536. The molecule has 2 atom stereocenters. The van der Waals surface area contributed by atoms with Crippen molar-refractivity contribution in [2.24, 2.45) is 5.92 Å². The lowest BCUT2D eigenvalue weighted by Gasteiger charge is -2.44. The normalized spacial score (nSPS) is 25.7. The molecule has 2 aromatic carbocycles. The van der Waals surface area contributed by atoms with Gasteiger partial charge >= 0.3 is 5.97 Å². The second-order valence-corrected chi connectivity index (χ2v) is 11.4. The number of carbonyl (C=O) groups is 1. The number of benzene rings is 2. The lowest BCUT2D eigenvalue weighted by atomic mass is 9.74. The van der Waals surface area contributed by atoms with Gasteiger partial charge in [0.05, 0.1) is 17.9 Å². The van der Waals surface area contributed by atoms with Gasteiger partial charge in [0, 0.05) is 34.6 Å². The van der Waals surface area contributed by atoms with Gasteiger partial charge < -0.3 is 14.4 Å². The van der Waals surface area contributed by atoms with E-state index >= 15 is 0 Å². The summed E-state index contributed by atoms with van der Waals surface area (Å²) in [7, 11) is 0.351. The number of rotatable bonds is 6. The quantitative estimate of drug-likeness (QED) is 0.515. The molecule has 2 aliphatic heterocycles. The van der Waals surface area contributed by atoms with Crippen LogP contribution in [0.15, 0.2) is 58.3 Å². The number of hydrogen-bond acceptors (Lipinski definition) is 5. The molecule has 2 unspecified atom stereocenters. The van der Waals surface area contributed by atoms with E-state index in [2.05, 4.69) is 4.90 Å². The molecule has 3 aliphatic rings. The molecular formula is C28H35NO4S. The van der Waals surface area contributed by atoms with E-state index in [9.17, 15) is 9.00 Å². The molecule has 3 fully saturated rings. The Morgan fingerprint density at radius 3 is 2.09 bits per heavy atom. The predicted molar refractivity (Wildman–Crippen MR) is 132 cm³/mol. The van der Waals surface area contributed by atoms with E-state index in [1.165, 1.54) is 32.1 Å². The SMILES string of the molecule is COc1ccc(S(=O)c2ccc(C3(C4CCN(C5CCCCC5)CC4)CCC(=O)O3)cc2)cc1. The number of nitrogens with zero attached hydrogens (tertiary/aromatic N) is 1. The Morgan fingerprint density at radius 1 is 0.912 bits per heavy atom. The topological polar surface area (TPSA) is 55.8 Å². The smallest absolute Gasteiger partial charge is 0.306 e. The third kappa shape index (κ3) is 4.67. The molecule has 2 saturated heterocycles. The summed E-state index contributed by atoms with van der Waals surface area (Å²) in [5.74, 6) is 0.980. The van der Waals surface area contributed by atoms with Crippen molar-refractivity contribution in [2.45, 2.75) is 79.2 Å². The number of cyclic esters (lactones) is 1. The summed E-state index contributed by atoms with van der Waals surface area (Å²) in [6, 6.07) is 16.0. The second-order valence-electron chi connectivity index (χ2n) is 9.93. The minimum Gasteiger partial charge on any atom is -0.497 e. The maximum atomic E-state index is 13.1. The zero-order chi connectivity index (χ0) is 23.5. The van der Waals surface area contributed by atoms with Crippen molar-refractivity contribution in [2.75, 3.05) is 20.2 Å². The van der Waals surface area contributed by atoms with Crippen molar-refractivity contribution in [3.8, 4) is 5.75 Å². The maximum Gasteiger partial charge on any atom is 0.306 e. The zero-order valence-corrected chi connectivity index (χ0v) is 20.9. The molecule has 0 amide bonds. The van der Waals surface area contributed by atoms with Gasteiger partial charge in [0.1, 0.15) is 11.4 Å². The molecule has 2 heterocycles. The molecule has 5 nitrogen and oxygen atoms in total. The Hall–Kier alpha value is -2.18. The van der Waals surface area contributed by atoms with Gasteiger partial charge in [0.2, 0.25) is 0 Å². The van der Waals surface area contributed by atoms with E-state index in [0.29, 0.717) is 12.3 Å². The Labute approximate surface area is 205 Å². The van der Waals surface area contributed by atoms with E-state index in [0.717, 1.165) is 59.5 Å². The number of hydrogen-bond donors (Lipinski definition) is 0. The van der Waals surface area contributed by atoms with Crippen LogP contribution in [0.1, 0.15) is 63.4 Å². The molecule has 0 bridgehead atoms. The fourth-order valence-corrected chi connectivity index (χ4v) is 7.23. The monoisotopic (exact) mass is 481 g/mol. The molecule has 2 aromatic rings. The lowest BCUT2D eigenvalue weighted by molar-refractivity contribution is -0.156. The molecule has 0 aromatic heterocycles. The standard InChI is InChI=1S/C28H35NO4S/c1-32-24-9-13-26(14-10-24)34(31)25-11-7-21(8-12-25)28(18-15-27(30)33-28)22-16-19-29(20-17-22)23-5-3-2-4-6-23/h7-14,22-23H,2-6,15-20H2,1H3. The van der Waals surface area contributed by atoms with Gasteiger partial charge in [0.15, 0.2) is 0 Å². The molecule has 1 saturated carbocycles. The lowest BCUT2D eigenvalue weighted by Crippen LogP contribution is -2.47. The number of likely N-dealkylation sites (tertiary alicyclic amines) is 1. The van der Waals surface area contributed by atoms with Gasteiger partial charge in [-0.3, -0.25) is 4.79 Å². The highest BCUT2D eigenvalue weighted by atomic mass is 32.2. The maximum absolute atomic E-state index is 13.1. The minimum absolute atomic E-state index is 0.0967. The molecule has 5 rings (SSSR count). The Morgan fingerprint density at radius 2 is 1.53 bits per heavy atom. The summed E-state index contributed by atoms with van der Waals surface area (Å²) in [6.07, 6.45) is 10.1. The average Bonchev–Trinajstić information content (AvgIpc) is 3.31. The van der Waals surface area contributed by atoms with Crippen LogP contribution in [0.4, 0.5) is 0 Å². The average molecular weight is 482 g/mol. The summed E-state index contributed by atoms with van der Waals surface area (Å²) < 4.78 is 24.4. The fourth-order valence-electron chi connectivity index (χ4n) is 6.19. The second kappa shape index (κ2) is 10.2. The van der Waals surface area contributed by atoms with Crippen LogP contribution >= 0.6 is 0 Å². The third-order valence-corrected chi connectivity index (χ3v) is 9.51. The summed E-state index contributed by atoms with van der Waals surface area (Å²) >= 11 is 0. The number of methoxy groups -OCH3 is 1. The Bertz CT molecular complexity index is 1010. The Balaban J connectivity index is 1.32. The number of piperidine rings is 1. The summed E-state index contributed by atoms with van der Waals surface area (Å²) in [6.45, 7) is 2.18. The minimum atomic E-state index is -1.27. The summed E-state index contributed by atoms with van der Waals surface area (Å²) in [5, 5.41) is 0. The first-order valence-corrected chi connectivity index (χ1v) is 13.9. The highest BCUT2D eigenvalue weighted by Crippen LogP contribution is 2.47. The molecular weight excluding hydrogens is 446 g/mol. The van der Waals surface area contributed by atoms with Gasteiger partial charge in [-0.25, -0.2) is 4.21 Å². The van der Waals surface area contributed by atoms with Crippen LogP contribution in [0.3, 0.4) is 0 Å². The van der Waals surface area contributed by atoms with Crippen molar-refractivity contribution in [3.05, 3.63) is 54.1 Å². The van der Waals surface area contributed by atoms with Crippen molar-refractivity contribution in [1.29, 1.82) is 0 Å². The molecule has 34 heavy (non-hydrogen) atoms. The van der Waals surface area contributed by atoms with Gasteiger partial charge in [-0.2, -0.15) is 0 Å². The van der Waals surface area contributed by atoms with Crippen LogP contribution in [0.2, 0.25) is 0 Å². The van der Waals surface area contributed by atoms with Crippen LogP contribution < -0.4 is 4.74 Å². The molecule has 0 radical (unpaired) electrons. The van der Waals surface area contributed by atoms with Crippen molar-refractivity contribution < 1.29 is 18.5 Å². The van der Waals surface area contributed by atoms with E-state index in [-0.39, 0.29) is 5.97 Å². The number of carbonyl (C=O) groups excluding carboxylic acids is 1. The highest BCUT2D eigenvalue weighted by Gasteiger charge is 2.49. The van der Waals surface area contributed by atoms with Gasteiger partial charge in [-0.15, -0.1) is 0 Å². The molecule has 1 aliphatic carbocycles. The molecule has 182 valence electrons. The van der Waals surface area contributed by atoms with Crippen LogP contribution in [0.5, 0.6) is 5.75 Å². The molecule has 0 spiro atoms. The van der Waals surface area contributed by atoms with Gasteiger partial charge in [0.25, 0.3) is 0 Å². The van der Waals surface area contributed by atoms with Crippen LogP contribution in [-0.4, -0.2) is 41.3 Å². The van der Waals surface area contributed by atoms with E-state index in [1.54, 1.807) is 7.11 Å². The van der Waals surface area contributed by atoms with Crippen LogP contribution in [0.25, 0.3) is 0 Å². The molecule has 6 heteroatoms. The predicted octanol–water partition coefficient (Wildman–Crippen LogP) is 5.44. The van der Waals surface area contributed by atoms with Crippen LogP contribution in [-0.2, 0) is 25.9 Å². The largest absolute Gasteiger partial charge is 0.497 e. The number of ether oxygens (including phenoxy) is 2. The van der Waals surface area contributed by atoms with E-state index in [1.807, 2.05) is 48.5 Å². The first kappa shape index (κ1) is 23.6. The Kier molecular flexibility index (Phi) is 7.07. The van der Waals surface area contributed by atoms with Crippen molar-refractivity contribution in [1.82, 2.24) is 4.90 Å². The first-order valence-electron chi connectivity index (χ1n) is 12.7. The number of esters is 1. The highest BCUT2D eigenvalue weighted by molar-refractivity contribution is 7.85. The first-order chi connectivity index (χ1) is 16.6. The third-order valence-electron chi connectivity index (χ3n) is 8.11.